The van der Waals surface area contributed by atoms with E-state index in [0.29, 0.717) is 36.4 Å². The second-order valence-corrected chi connectivity index (χ2v) is 12.8. The highest BCUT2D eigenvalue weighted by Crippen LogP contribution is 2.29. The van der Waals surface area contributed by atoms with Crippen LogP contribution in [0.5, 0.6) is 5.75 Å². The summed E-state index contributed by atoms with van der Waals surface area (Å²) >= 11 is 0. The van der Waals surface area contributed by atoms with Gasteiger partial charge in [-0.3, -0.25) is 14.7 Å². The van der Waals surface area contributed by atoms with Crippen molar-refractivity contribution in [2.24, 2.45) is 10.9 Å². The summed E-state index contributed by atoms with van der Waals surface area (Å²) in [6.45, 7) is 2.56. The summed E-state index contributed by atoms with van der Waals surface area (Å²) in [5.74, 6) is 0.535. The van der Waals surface area contributed by atoms with E-state index in [1.807, 2.05) is 18.2 Å². The minimum absolute atomic E-state index is 0.0804. The summed E-state index contributed by atoms with van der Waals surface area (Å²) < 4.78 is 45.9. The highest BCUT2D eigenvalue weighted by molar-refractivity contribution is 7.89. The van der Waals surface area contributed by atoms with Gasteiger partial charge >= 0.3 is 0 Å². The van der Waals surface area contributed by atoms with E-state index < -0.39 is 10.0 Å². The molecule has 0 radical (unpaired) electrons. The maximum Gasteiger partial charge on any atom is 0.242 e. The molecule has 1 atom stereocenters. The molecule has 3 aromatic carbocycles. The number of Topliss-reactive ketones (excluding diaryl/α,β-unsaturated/α-hetero) is 1. The van der Waals surface area contributed by atoms with Crippen LogP contribution in [0.3, 0.4) is 0 Å². The van der Waals surface area contributed by atoms with E-state index in [4.69, 9.17) is 4.74 Å². The third kappa shape index (κ3) is 5.73. The van der Waals surface area contributed by atoms with Crippen molar-refractivity contribution >= 4 is 21.5 Å². The van der Waals surface area contributed by atoms with Gasteiger partial charge in [-0.1, -0.05) is 30.3 Å². The van der Waals surface area contributed by atoms with Gasteiger partial charge in [-0.25, -0.2) is 17.1 Å². The van der Waals surface area contributed by atoms with E-state index in [2.05, 4.69) is 9.89 Å². The Kier molecular flexibility index (Phi) is 8.16. The second kappa shape index (κ2) is 11.6. The number of fused-ring (bicyclic) bond motifs is 1. The summed E-state index contributed by atoms with van der Waals surface area (Å²) in [7, 11) is 1.04. The lowest BCUT2D eigenvalue weighted by atomic mass is 9.89. The van der Waals surface area contributed by atoms with Crippen LogP contribution in [-0.4, -0.2) is 63.4 Å². The van der Waals surface area contributed by atoms with Crippen LogP contribution in [0.4, 0.5) is 4.39 Å². The third-order valence-corrected chi connectivity index (χ3v) is 9.58. The molecule has 9 heteroatoms. The van der Waals surface area contributed by atoms with Crippen LogP contribution in [0.1, 0.15) is 51.9 Å². The van der Waals surface area contributed by atoms with Gasteiger partial charge in [0.2, 0.25) is 10.0 Å². The molecule has 0 bridgehead atoms. The van der Waals surface area contributed by atoms with Gasteiger partial charge in [-0.2, -0.15) is 0 Å². The summed E-state index contributed by atoms with van der Waals surface area (Å²) in [4.78, 5) is 20.5. The van der Waals surface area contributed by atoms with Crippen molar-refractivity contribution in [3.05, 3.63) is 94.3 Å². The molecule has 0 amide bonds. The Morgan fingerprint density at radius 3 is 2.62 bits per heavy atom. The zero-order chi connectivity index (χ0) is 28.4. The standard InChI is InChI=1S/C31H34FN3O4S/c1-34(2)40(37,38)25-13-11-22(12-14-25)31-26-17-23(9-10-24(26)18-33-31)29(36)16-21-6-5-15-35(19-21)20-27-28(32)7-4-8-30(27)39-3/h4,7-14,17,21H,5-6,15-16,18-20H2,1-3H3/t21-/m0/s1. The molecule has 1 saturated heterocycles. The number of rotatable bonds is 9. The molecule has 3 aromatic rings. The fraction of sp³-hybridized carbons (Fsp3) is 0.355. The molecule has 0 saturated carbocycles. The fourth-order valence-corrected chi connectivity index (χ4v) is 6.45. The number of ketones is 1. The Bertz CT molecular complexity index is 1550. The van der Waals surface area contributed by atoms with Gasteiger partial charge < -0.3 is 4.74 Å². The van der Waals surface area contributed by atoms with Gasteiger partial charge in [0.05, 0.1) is 24.3 Å². The Hall–Kier alpha value is -3.40. The number of carbonyl (C=O) groups is 1. The molecule has 40 heavy (non-hydrogen) atoms. The monoisotopic (exact) mass is 563 g/mol. The van der Waals surface area contributed by atoms with E-state index in [1.165, 1.54) is 24.5 Å². The van der Waals surface area contributed by atoms with E-state index in [0.717, 1.165) is 48.3 Å². The molecular weight excluding hydrogens is 529 g/mol. The number of piperidine rings is 1. The first-order valence-corrected chi connectivity index (χ1v) is 14.9. The maximum atomic E-state index is 14.5. The highest BCUT2D eigenvalue weighted by atomic mass is 32.2. The van der Waals surface area contributed by atoms with E-state index in [-0.39, 0.29) is 22.4 Å². The molecule has 0 aliphatic carbocycles. The van der Waals surface area contributed by atoms with Crippen LogP contribution in [0, 0.1) is 11.7 Å². The lowest BCUT2D eigenvalue weighted by molar-refractivity contribution is 0.0911. The summed E-state index contributed by atoms with van der Waals surface area (Å²) in [5, 5.41) is 0. The van der Waals surface area contributed by atoms with Crippen LogP contribution in [0.2, 0.25) is 0 Å². The number of hydrogen-bond donors (Lipinski definition) is 0. The maximum absolute atomic E-state index is 14.5. The molecule has 2 heterocycles. The number of aliphatic imine (C=N–C) groups is 1. The van der Waals surface area contributed by atoms with Gasteiger partial charge in [0, 0.05) is 55.9 Å². The number of benzene rings is 3. The van der Waals surface area contributed by atoms with E-state index in [1.54, 1.807) is 43.5 Å². The van der Waals surface area contributed by atoms with Gasteiger partial charge in [0.25, 0.3) is 0 Å². The topological polar surface area (TPSA) is 79.3 Å². The van der Waals surface area contributed by atoms with E-state index >= 15 is 0 Å². The molecule has 2 aliphatic heterocycles. The van der Waals surface area contributed by atoms with Crippen LogP contribution in [0.25, 0.3) is 0 Å². The molecule has 1 fully saturated rings. The molecule has 0 aromatic heterocycles. The number of methoxy groups -OCH3 is 1. The van der Waals surface area contributed by atoms with Crippen molar-refractivity contribution < 1.29 is 22.3 Å². The predicted octanol–water partition coefficient (Wildman–Crippen LogP) is 4.92. The number of ether oxygens (including phenoxy) is 1. The van der Waals surface area contributed by atoms with Crippen LogP contribution >= 0.6 is 0 Å². The van der Waals surface area contributed by atoms with Crippen LogP contribution in [-0.2, 0) is 23.1 Å². The van der Waals surface area contributed by atoms with Crippen molar-refractivity contribution in [3.8, 4) is 5.75 Å². The number of sulfonamides is 1. The van der Waals surface area contributed by atoms with Crippen molar-refractivity contribution in [1.29, 1.82) is 0 Å². The SMILES string of the molecule is COc1cccc(F)c1CN1CCC[C@@H](CC(=O)c2ccc3c(c2)C(c2ccc(S(=O)(=O)N(C)C)cc2)=NC3)C1. The number of halogens is 1. The number of hydrogen-bond acceptors (Lipinski definition) is 6. The summed E-state index contributed by atoms with van der Waals surface area (Å²) in [5.41, 5.74) is 4.72. The van der Waals surface area contributed by atoms with Crippen LogP contribution in [0.15, 0.2) is 70.6 Å². The second-order valence-electron chi connectivity index (χ2n) is 10.6. The first-order valence-electron chi connectivity index (χ1n) is 13.4. The largest absolute Gasteiger partial charge is 0.496 e. The smallest absolute Gasteiger partial charge is 0.242 e. The van der Waals surface area contributed by atoms with Gasteiger partial charge in [-0.15, -0.1) is 0 Å². The average molecular weight is 564 g/mol. The first kappa shape index (κ1) is 28.1. The number of carbonyl (C=O) groups excluding carboxylic acids is 1. The summed E-state index contributed by atoms with van der Waals surface area (Å²) in [6.07, 6.45) is 2.33. The quantitative estimate of drug-likeness (QED) is 0.346. The molecular formula is C31H34FN3O4S. The van der Waals surface area contributed by atoms with Crippen LogP contribution < -0.4 is 4.74 Å². The predicted molar refractivity (Wildman–Crippen MR) is 153 cm³/mol. The van der Waals surface area contributed by atoms with Crippen molar-refractivity contribution in [2.45, 2.75) is 37.2 Å². The number of nitrogens with zero attached hydrogens (tertiary/aromatic N) is 3. The zero-order valence-electron chi connectivity index (χ0n) is 23.1. The Morgan fingerprint density at radius 2 is 1.90 bits per heavy atom. The number of likely N-dealkylation sites (tertiary alicyclic amines) is 1. The van der Waals surface area contributed by atoms with E-state index in [9.17, 15) is 17.6 Å². The molecule has 5 rings (SSSR count). The lowest BCUT2D eigenvalue weighted by Crippen LogP contribution is -2.36. The fourth-order valence-electron chi connectivity index (χ4n) is 5.55. The third-order valence-electron chi connectivity index (χ3n) is 7.76. The Balaban J connectivity index is 1.28. The zero-order valence-corrected chi connectivity index (χ0v) is 23.9. The van der Waals surface area contributed by atoms with Crippen molar-refractivity contribution in [2.75, 3.05) is 34.3 Å². The van der Waals surface area contributed by atoms with Gasteiger partial charge in [0.15, 0.2) is 5.78 Å². The molecule has 0 unspecified atom stereocenters. The molecule has 0 N–H and O–H groups in total. The Labute approximate surface area is 235 Å². The minimum Gasteiger partial charge on any atom is -0.496 e. The average Bonchev–Trinajstić information content (AvgIpc) is 3.37. The lowest BCUT2D eigenvalue weighted by Gasteiger charge is -2.33. The Morgan fingerprint density at radius 1 is 1.12 bits per heavy atom. The highest BCUT2D eigenvalue weighted by Gasteiger charge is 2.26. The van der Waals surface area contributed by atoms with Crippen molar-refractivity contribution in [3.63, 3.8) is 0 Å². The van der Waals surface area contributed by atoms with Gasteiger partial charge in [0.1, 0.15) is 11.6 Å². The normalized spacial score (nSPS) is 17.5. The molecule has 0 spiro atoms. The minimum atomic E-state index is -3.52. The molecule has 7 nitrogen and oxygen atoms in total. The molecule has 210 valence electrons. The summed E-state index contributed by atoms with van der Waals surface area (Å²) in [6, 6.07) is 17.3. The van der Waals surface area contributed by atoms with Crippen molar-refractivity contribution in [1.82, 2.24) is 9.21 Å². The molecule has 2 aliphatic rings. The van der Waals surface area contributed by atoms with Gasteiger partial charge in [-0.05, 0) is 61.2 Å². The first-order chi connectivity index (χ1) is 19.2.